The van der Waals surface area contributed by atoms with Gasteiger partial charge in [0.25, 0.3) is 0 Å². The lowest BCUT2D eigenvalue weighted by atomic mass is 10.6. The summed E-state index contributed by atoms with van der Waals surface area (Å²) in [6.07, 6.45) is 0. The third kappa shape index (κ3) is 31.5. The number of halogens is 2. The molecule has 17 heavy (non-hydrogen) atoms. The highest BCUT2D eigenvalue weighted by molar-refractivity contribution is 5.82. The Bertz CT molecular complexity index is 287. The normalized spacial score (nSPS) is 8.35. The number of hydrogen-bond acceptors (Lipinski definition) is 7. The van der Waals surface area contributed by atoms with Crippen molar-refractivity contribution in [2.75, 3.05) is 0 Å². The van der Waals surface area contributed by atoms with Gasteiger partial charge in [-0.3, -0.25) is 14.4 Å². The van der Waals surface area contributed by atoms with Crippen LogP contribution in [0.25, 0.3) is 0 Å². The standard InChI is InChI=1S/C4H6O3.C2H2F2O3.C2H2O/c1-3(5)7-4(2)6;3-1(5)2(4,6)7;1-2-3/h1-2H3;6-7H;1H2. The third-order valence-electron chi connectivity index (χ3n) is 0.538. The second kappa shape index (κ2) is 10.6. The Labute approximate surface area is 94.3 Å². The van der Waals surface area contributed by atoms with Crippen LogP contribution in [0.5, 0.6) is 0 Å². The highest BCUT2D eigenvalue weighted by Gasteiger charge is 2.32. The molecule has 7 nitrogen and oxygen atoms in total. The number of carbonyl (C=O) groups excluding carboxylic acids is 4. The number of carbonyl (C=O) groups is 3. The van der Waals surface area contributed by atoms with Crippen LogP contribution >= 0.6 is 0 Å². The summed E-state index contributed by atoms with van der Waals surface area (Å²) in [7, 11) is 0. The summed E-state index contributed by atoms with van der Waals surface area (Å²) in [5, 5.41) is 14.5. The van der Waals surface area contributed by atoms with Gasteiger partial charge in [0.2, 0.25) is 0 Å². The minimum Gasteiger partial charge on any atom is -0.394 e. The molecule has 0 saturated heterocycles. The zero-order chi connectivity index (χ0) is 14.6. The van der Waals surface area contributed by atoms with Crippen molar-refractivity contribution in [3.05, 3.63) is 6.58 Å². The van der Waals surface area contributed by atoms with E-state index in [1.165, 1.54) is 19.8 Å². The molecular weight excluding hydrogens is 246 g/mol. The number of hydrogen-bond donors (Lipinski definition) is 2. The highest BCUT2D eigenvalue weighted by Crippen LogP contribution is 2.01. The molecule has 0 fully saturated rings. The van der Waals surface area contributed by atoms with Gasteiger partial charge in [0.05, 0.1) is 0 Å². The maximum atomic E-state index is 10.9. The van der Waals surface area contributed by atoms with Crippen LogP contribution in [0, 0.1) is 0 Å². The van der Waals surface area contributed by atoms with E-state index < -0.39 is 24.0 Å². The van der Waals surface area contributed by atoms with Crippen LogP contribution in [0.3, 0.4) is 0 Å². The van der Waals surface area contributed by atoms with Crippen LogP contribution in [-0.2, 0) is 23.9 Å². The van der Waals surface area contributed by atoms with E-state index in [4.69, 9.17) is 19.8 Å². The molecule has 2 N–H and O–H groups in total. The van der Waals surface area contributed by atoms with E-state index in [9.17, 15) is 18.4 Å². The van der Waals surface area contributed by atoms with E-state index in [1.807, 2.05) is 0 Å². The second-order valence-electron chi connectivity index (χ2n) is 2.09. The van der Waals surface area contributed by atoms with Crippen molar-refractivity contribution < 1.29 is 42.9 Å². The van der Waals surface area contributed by atoms with Crippen LogP contribution in [0.4, 0.5) is 8.78 Å². The molecule has 0 aromatic heterocycles. The zero-order valence-corrected chi connectivity index (χ0v) is 8.90. The first-order valence-corrected chi connectivity index (χ1v) is 3.65. The molecule has 0 spiro atoms. The van der Waals surface area contributed by atoms with Crippen LogP contribution in [-0.4, -0.2) is 40.2 Å². The summed E-state index contributed by atoms with van der Waals surface area (Å²) in [6.45, 7) is 5.04. The van der Waals surface area contributed by atoms with Crippen molar-refractivity contribution in [1.29, 1.82) is 0 Å². The first-order chi connectivity index (χ1) is 7.48. The van der Waals surface area contributed by atoms with Gasteiger partial charge in [-0.15, -0.1) is 0 Å². The minimum atomic E-state index is -4.31. The molecule has 0 radical (unpaired) electrons. The number of rotatable bonds is 1. The molecule has 0 aliphatic rings. The third-order valence-corrected chi connectivity index (χ3v) is 0.538. The fourth-order valence-electron chi connectivity index (χ4n) is 0.202. The molecule has 0 aromatic rings. The van der Waals surface area contributed by atoms with Crippen LogP contribution in [0.2, 0.25) is 0 Å². The van der Waals surface area contributed by atoms with Gasteiger partial charge in [-0.25, -0.2) is 4.79 Å². The lowest BCUT2D eigenvalue weighted by Gasteiger charge is -1.99. The Kier molecular flexibility index (Phi) is 12.7. The quantitative estimate of drug-likeness (QED) is 0.207. The average molecular weight is 256 g/mol. The summed E-state index contributed by atoms with van der Waals surface area (Å²) in [5.74, 6) is 0.125. The molecule has 0 aliphatic heterocycles. The largest absolute Gasteiger partial charge is 0.409 e. The molecule has 0 aromatic carbocycles. The van der Waals surface area contributed by atoms with E-state index in [0.29, 0.717) is 0 Å². The SMILES string of the molecule is C=C=O.CC(=O)OC(C)=O.O=C(F)C(O)(O)F. The first-order valence-electron chi connectivity index (χ1n) is 3.65. The van der Waals surface area contributed by atoms with E-state index in [1.54, 1.807) is 0 Å². The van der Waals surface area contributed by atoms with Gasteiger partial charge in [-0.05, 0) is 6.58 Å². The predicted octanol–water partition coefficient (Wildman–Crippen LogP) is -0.810. The number of esters is 2. The van der Waals surface area contributed by atoms with Gasteiger partial charge >= 0.3 is 24.0 Å². The van der Waals surface area contributed by atoms with E-state index in [-0.39, 0.29) is 0 Å². The molecule has 0 unspecified atom stereocenters. The molecule has 9 heteroatoms. The smallest absolute Gasteiger partial charge is 0.394 e. The van der Waals surface area contributed by atoms with Crippen LogP contribution < -0.4 is 0 Å². The van der Waals surface area contributed by atoms with Gasteiger partial charge in [-0.1, -0.05) is 0 Å². The molecule has 0 saturated carbocycles. The first kappa shape index (κ1) is 20.5. The molecule has 0 aliphatic carbocycles. The van der Waals surface area contributed by atoms with Crippen LogP contribution in [0.15, 0.2) is 6.58 Å². The topological polar surface area (TPSA) is 118 Å². The van der Waals surface area contributed by atoms with Crippen LogP contribution in [0.1, 0.15) is 13.8 Å². The van der Waals surface area contributed by atoms with Gasteiger partial charge in [0, 0.05) is 13.8 Å². The Morgan fingerprint density at radius 3 is 1.41 bits per heavy atom. The Morgan fingerprint density at radius 1 is 1.24 bits per heavy atom. The summed E-state index contributed by atoms with van der Waals surface area (Å²) in [6, 6.07) is -7.12. The van der Waals surface area contributed by atoms with Crippen molar-refractivity contribution in [3.63, 3.8) is 0 Å². The van der Waals surface area contributed by atoms with Crippen molar-refractivity contribution in [2.24, 2.45) is 0 Å². The maximum Gasteiger partial charge on any atom is 0.409 e. The summed E-state index contributed by atoms with van der Waals surface area (Å²) in [5.41, 5.74) is 0. The minimum absolute atomic E-state index is 0.562. The lowest BCUT2D eigenvalue weighted by Crippen LogP contribution is -2.29. The van der Waals surface area contributed by atoms with E-state index >= 15 is 0 Å². The zero-order valence-electron chi connectivity index (χ0n) is 8.90. The second-order valence-corrected chi connectivity index (χ2v) is 2.09. The fraction of sp³-hybridized carbons (Fsp3) is 0.375. The van der Waals surface area contributed by atoms with E-state index in [0.717, 1.165) is 0 Å². The summed E-state index contributed by atoms with van der Waals surface area (Å²) >= 11 is 0. The molecule has 98 valence electrons. The van der Waals surface area contributed by atoms with Crippen molar-refractivity contribution in [1.82, 2.24) is 0 Å². The van der Waals surface area contributed by atoms with Crippen molar-refractivity contribution in [2.45, 2.75) is 19.9 Å². The van der Waals surface area contributed by atoms with Gasteiger partial charge in [-0.2, -0.15) is 8.78 Å². The summed E-state index contributed by atoms with van der Waals surface area (Å²) < 4.78 is 25.6. The Balaban J connectivity index is -0.000000188. The monoisotopic (exact) mass is 256 g/mol. The van der Waals surface area contributed by atoms with Crippen molar-refractivity contribution >= 4 is 23.9 Å². The van der Waals surface area contributed by atoms with Gasteiger partial charge in [0.1, 0.15) is 5.94 Å². The Hall–Kier alpha value is -1.96. The number of alkyl halides is 1. The lowest BCUT2D eigenvalue weighted by molar-refractivity contribution is -0.253. The number of aliphatic hydroxyl groups is 2. The fourth-order valence-corrected chi connectivity index (χ4v) is 0.202. The molecule has 0 heterocycles. The average Bonchev–Trinajstić information content (AvgIpc) is 2.01. The molecule has 0 bridgehead atoms. The molecule has 0 rings (SSSR count). The Morgan fingerprint density at radius 2 is 1.41 bits per heavy atom. The molecule has 0 atom stereocenters. The number of ether oxygens (including phenoxy) is 1. The van der Waals surface area contributed by atoms with E-state index in [2.05, 4.69) is 11.3 Å². The van der Waals surface area contributed by atoms with Crippen molar-refractivity contribution in [3.8, 4) is 0 Å². The van der Waals surface area contributed by atoms with Gasteiger partial charge < -0.3 is 14.9 Å². The maximum absolute atomic E-state index is 10.9. The molecular formula is C8H10F2O7. The van der Waals surface area contributed by atoms with Gasteiger partial charge in [0.15, 0.2) is 0 Å². The summed E-state index contributed by atoms with van der Waals surface area (Å²) in [4.78, 5) is 37.1. The predicted molar refractivity (Wildman–Crippen MR) is 48.2 cm³/mol. The molecule has 0 amide bonds. The highest BCUT2D eigenvalue weighted by atomic mass is 19.2.